The zero-order valence-electron chi connectivity index (χ0n) is 9.37. The van der Waals surface area contributed by atoms with Crippen molar-refractivity contribution in [3.8, 4) is 0 Å². The summed E-state index contributed by atoms with van der Waals surface area (Å²) in [5.41, 5.74) is 5.94. The van der Waals surface area contributed by atoms with E-state index in [1.54, 1.807) is 19.0 Å². The molecule has 0 saturated heterocycles. The van der Waals surface area contributed by atoms with E-state index in [0.717, 1.165) is 0 Å². The Labute approximate surface area is 81.3 Å². The molecule has 0 aliphatic carbocycles. The highest BCUT2D eigenvalue weighted by Gasteiger charge is 2.19. The monoisotopic (exact) mass is 186 g/mol. The fourth-order valence-corrected chi connectivity index (χ4v) is 1.25. The minimum atomic E-state index is 0.115. The maximum Gasteiger partial charge on any atom is 0.222 e. The van der Waals surface area contributed by atoms with Crippen LogP contribution in [0.2, 0.25) is 0 Å². The Hall–Kier alpha value is -0.570. The summed E-state index contributed by atoms with van der Waals surface area (Å²) in [5, 5.41) is 0. The molecule has 0 aliphatic rings. The maximum absolute atomic E-state index is 11.4. The van der Waals surface area contributed by atoms with Crippen LogP contribution < -0.4 is 5.73 Å². The molecule has 0 bridgehead atoms. The molecule has 0 spiro atoms. The molecular weight excluding hydrogens is 164 g/mol. The summed E-state index contributed by atoms with van der Waals surface area (Å²) < 4.78 is 0. The lowest BCUT2D eigenvalue weighted by molar-refractivity contribution is -0.129. The number of carbonyl (C=O) groups excluding carboxylic acids is 1. The third-order valence-electron chi connectivity index (χ3n) is 2.42. The summed E-state index contributed by atoms with van der Waals surface area (Å²) in [6.45, 7) is 6.20. The third kappa shape index (κ3) is 4.27. The van der Waals surface area contributed by atoms with Crippen molar-refractivity contribution in [3.05, 3.63) is 0 Å². The van der Waals surface area contributed by atoms with Crippen molar-refractivity contribution in [3.63, 3.8) is 0 Å². The summed E-state index contributed by atoms with van der Waals surface area (Å²) in [5.74, 6) is 0.850. The molecule has 2 N–H and O–H groups in total. The number of amides is 1. The number of nitrogens with two attached hydrogens (primary N) is 1. The fraction of sp³-hybridized carbons (Fsp3) is 0.900. The fourth-order valence-electron chi connectivity index (χ4n) is 1.25. The van der Waals surface area contributed by atoms with Crippen LogP contribution in [-0.4, -0.2) is 30.9 Å². The van der Waals surface area contributed by atoms with Gasteiger partial charge in [0.25, 0.3) is 0 Å². The van der Waals surface area contributed by atoms with Crippen molar-refractivity contribution in [1.82, 2.24) is 4.90 Å². The van der Waals surface area contributed by atoms with Gasteiger partial charge in [-0.05, 0) is 11.8 Å². The predicted octanol–water partition coefficient (Wildman–Crippen LogP) is 1.08. The van der Waals surface area contributed by atoms with E-state index in [1.807, 2.05) is 6.92 Å². The average Bonchev–Trinajstić information content (AvgIpc) is 2.02. The van der Waals surface area contributed by atoms with Crippen LogP contribution in [0.3, 0.4) is 0 Å². The van der Waals surface area contributed by atoms with Gasteiger partial charge in [0.15, 0.2) is 0 Å². The summed E-state index contributed by atoms with van der Waals surface area (Å²) >= 11 is 0. The molecular formula is C10H22N2O. The summed E-state index contributed by atoms with van der Waals surface area (Å²) in [6, 6.07) is 0.115. The van der Waals surface area contributed by atoms with E-state index in [-0.39, 0.29) is 17.9 Å². The molecule has 0 radical (unpaired) electrons. The molecule has 0 fully saturated rings. The molecule has 3 nitrogen and oxygen atoms in total. The highest BCUT2D eigenvalue weighted by molar-refractivity contribution is 5.75. The van der Waals surface area contributed by atoms with Crippen LogP contribution >= 0.6 is 0 Å². The second kappa shape index (κ2) is 5.22. The number of carbonyl (C=O) groups is 1. The first-order valence-electron chi connectivity index (χ1n) is 4.82. The van der Waals surface area contributed by atoms with E-state index in [9.17, 15) is 4.79 Å². The summed E-state index contributed by atoms with van der Waals surface area (Å²) in [7, 11) is 3.55. The zero-order valence-corrected chi connectivity index (χ0v) is 9.37. The summed E-state index contributed by atoms with van der Waals surface area (Å²) in [6.07, 6.45) is 0.548. The smallest absolute Gasteiger partial charge is 0.222 e. The number of rotatable bonds is 4. The molecule has 0 unspecified atom stereocenters. The topological polar surface area (TPSA) is 46.3 Å². The largest absolute Gasteiger partial charge is 0.349 e. The Morgan fingerprint density at radius 1 is 1.31 bits per heavy atom. The molecule has 2 atom stereocenters. The van der Waals surface area contributed by atoms with Crippen molar-refractivity contribution in [1.29, 1.82) is 0 Å². The Balaban J connectivity index is 4.00. The molecule has 13 heavy (non-hydrogen) atoms. The van der Waals surface area contributed by atoms with Gasteiger partial charge in [0.1, 0.15) is 0 Å². The van der Waals surface area contributed by atoms with Crippen LogP contribution in [0.25, 0.3) is 0 Å². The normalized spacial score (nSPS) is 15.6. The molecule has 3 heteroatoms. The first-order chi connectivity index (χ1) is 5.86. The van der Waals surface area contributed by atoms with Gasteiger partial charge in [-0.15, -0.1) is 0 Å². The molecule has 1 amide bonds. The van der Waals surface area contributed by atoms with Gasteiger partial charge in [0.2, 0.25) is 5.91 Å². The van der Waals surface area contributed by atoms with Crippen molar-refractivity contribution in [2.24, 2.45) is 17.6 Å². The number of hydrogen-bond acceptors (Lipinski definition) is 2. The third-order valence-corrected chi connectivity index (χ3v) is 2.42. The van der Waals surface area contributed by atoms with Crippen molar-refractivity contribution in [2.45, 2.75) is 33.2 Å². The van der Waals surface area contributed by atoms with E-state index >= 15 is 0 Å². The number of hydrogen-bond donors (Lipinski definition) is 1. The first kappa shape index (κ1) is 12.4. The van der Waals surface area contributed by atoms with Gasteiger partial charge in [-0.1, -0.05) is 20.8 Å². The second-order valence-corrected chi connectivity index (χ2v) is 4.29. The molecule has 0 aromatic carbocycles. The van der Waals surface area contributed by atoms with Gasteiger partial charge in [-0.3, -0.25) is 4.79 Å². The highest BCUT2D eigenvalue weighted by atomic mass is 16.2. The number of nitrogens with zero attached hydrogens (tertiary/aromatic N) is 1. The Bertz CT molecular complexity index is 166. The molecule has 0 heterocycles. The highest BCUT2D eigenvalue weighted by Crippen LogP contribution is 2.14. The van der Waals surface area contributed by atoms with E-state index < -0.39 is 0 Å². The van der Waals surface area contributed by atoms with Gasteiger partial charge in [0, 0.05) is 26.6 Å². The van der Waals surface area contributed by atoms with Crippen LogP contribution in [0.15, 0.2) is 0 Å². The van der Waals surface area contributed by atoms with Crippen LogP contribution in [0.5, 0.6) is 0 Å². The first-order valence-corrected chi connectivity index (χ1v) is 4.82. The van der Waals surface area contributed by atoms with Crippen molar-refractivity contribution in [2.75, 3.05) is 14.1 Å². The SMILES string of the molecule is CC(C)[C@@H](N)[C@@H](C)CC(=O)N(C)C. The lowest BCUT2D eigenvalue weighted by Crippen LogP contribution is -2.36. The second-order valence-electron chi connectivity index (χ2n) is 4.29. The Kier molecular flexibility index (Phi) is 4.99. The van der Waals surface area contributed by atoms with E-state index in [4.69, 9.17) is 5.73 Å². The molecule has 0 aliphatic heterocycles. The van der Waals surface area contributed by atoms with Gasteiger partial charge in [-0.2, -0.15) is 0 Å². The van der Waals surface area contributed by atoms with Crippen LogP contribution in [-0.2, 0) is 4.79 Å². The van der Waals surface area contributed by atoms with Crippen LogP contribution in [0.1, 0.15) is 27.2 Å². The van der Waals surface area contributed by atoms with Gasteiger partial charge in [0.05, 0.1) is 0 Å². The molecule has 0 saturated carbocycles. The Morgan fingerprint density at radius 2 is 1.77 bits per heavy atom. The Morgan fingerprint density at radius 3 is 2.08 bits per heavy atom. The van der Waals surface area contributed by atoms with Crippen molar-refractivity contribution >= 4 is 5.91 Å². The average molecular weight is 186 g/mol. The van der Waals surface area contributed by atoms with E-state index in [2.05, 4.69) is 13.8 Å². The van der Waals surface area contributed by atoms with Crippen LogP contribution in [0.4, 0.5) is 0 Å². The molecule has 0 aromatic rings. The molecule has 0 aromatic heterocycles. The molecule has 78 valence electrons. The quantitative estimate of drug-likeness (QED) is 0.714. The minimum Gasteiger partial charge on any atom is -0.349 e. The van der Waals surface area contributed by atoms with E-state index in [0.29, 0.717) is 12.3 Å². The zero-order chi connectivity index (χ0) is 10.6. The minimum absolute atomic E-state index is 0.115. The van der Waals surface area contributed by atoms with Crippen molar-refractivity contribution < 1.29 is 4.79 Å². The van der Waals surface area contributed by atoms with E-state index in [1.165, 1.54) is 0 Å². The predicted molar refractivity (Wildman–Crippen MR) is 55.3 cm³/mol. The standard InChI is InChI=1S/C10H22N2O/c1-7(2)10(11)8(3)6-9(13)12(4)5/h7-8,10H,6,11H2,1-5H3/t8-,10+/m0/s1. The summed E-state index contributed by atoms with van der Waals surface area (Å²) in [4.78, 5) is 13.0. The molecule has 0 rings (SSSR count). The van der Waals surface area contributed by atoms with Gasteiger partial charge < -0.3 is 10.6 Å². The van der Waals surface area contributed by atoms with Gasteiger partial charge in [-0.25, -0.2) is 0 Å². The lowest BCUT2D eigenvalue weighted by Gasteiger charge is -2.24. The van der Waals surface area contributed by atoms with Gasteiger partial charge >= 0.3 is 0 Å². The lowest BCUT2D eigenvalue weighted by atomic mass is 9.90. The van der Waals surface area contributed by atoms with Crippen LogP contribution in [0, 0.1) is 11.8 Å². The maximum atomic E-state index is 11.4.